The zero-order valence-electron chi connectivity index (χ0n) is 23.3. The number of halogens is 4. The number of nitrogens with zero attached hydrogens (tertiary/aromatic N) is 1. The summed E-state index contributed by atoms with van der Waals surface area (Å²) in [6.07, 6.45) is -4.82. The number of aryl methyl sites for hydroxylation is 1. The summed E-state index contributed by atoms with van der Waals surface area (Å²) >= 11 is 0. The predicted octanol–water partition coefficient (Wildman–Crippen LogP) is 6.76. The van der Waals surface area contributed by atoms with Crippen molar-refractivity contribution in [2.45, 2.75) is 37.4 Å². The van der Waals surface area contributed by atoms with Gasteiger partial charge in [-0.25, -0.2) is 12.8 Å². The maximum Gasteiger partial charge on any atom is 0.419 e. The summed E-state index contributed by atoms with van der Waals surface area (Å²) in [4.78, 5) is 13.0. The fourth-order valence-electron chi connectivity index (χ4n) is 5.15. The molecule has 11 heteroatoms. The zero-order chi connectivity index (χ0) is 30.9. The van der Waals surface area contributed by atoms with Crippen LogP contribution in [0.15, 0.2) is 83.8 Å². The summed E-state index contributed by atoms with van der Waals surface area (Å²) in [5.41, 5.74) is 3.27. The SMILES string of the molecule is COc1ccc(-c2ccc(S(=O)(=O)N3CCc4c(ccc(C)c4NC(=O)Cc4ccc(C(F)(F)F)c(F)c4)C3)cc2)cc1. The highest BCUT2D eigenvalue weighted by atomic mass is 32.2. The maximum absolute atomic E-state index is 14.0. The normalized spacial score (nSPS) is 13.8. The van der Waals surface area contributed by atoms with Gasteiger partial charge in [0.05, 0.1) is 24.0 Å². The number of amides is 1. The third kappa shape index (κ3) is 6.42. The quantitative estimate of drug-likeness (QED) is 0.234. The highest BCUT2D eigenvalue weighted by Gasteiger charge is 2.34. The third-order valence-corrected chi connectivity index (χ3v) is 9.32. The van der Waals surface area contributed by atoms with Gasteiger partial charge in [0, 0.05) is 18.8 Å². The molecule has 1 aliphatic heterocycles. The molecule has 4 aromatic carbocycles. The molecule has 224 valence electrons. The van der Waals surface area contributed by atoms with Gasteiger partial charge in [0.1, 0.15) is 11.6 Å². The molecule has 0 unspecified atom stereocenters. The second kappa shape index (κ2) is 11.8. The van der Waals surface area contributed by atoms with E-state index in [-0.39, 0.29) is 30.0 Å². The molecule has 6 nitrogen and oxygen atoms in total. The molecule has 0 fully saturated rings. The Labute approximate surface area is 247 Å². The molecule has 0 atom stereocenters. The smallest absolute Gasteiger partial charge is 0.419 e. The summed E-state index contributed by atoms with van der Waals surface area (Å²) in [5.74, 6) is -1.24. The Hall–Kier alpha value is -4.22. The largest absolute Gasteiger partial charge is 0.497 e. The van der Waals surface area contributed by atoms with Gasteiger partial charge in [-0.15, -0.1) is 0 Å². The van der Waals surface area contributed by atoms with Gasteiger partial charge < -0.3 is 10.1 Å². The van der Waals surface area contributed by atoms with Gasteiger partial charge in [0.2, 0.25) is 15.9 Å². The lowest BCUT2D eigenvalue weighted by molar-refractivity contribution is -0.140. The summed E-state index contributed by atoms with van der Waals surface area (Å²) in [6.45, 7) is 2.08. The van der Waals surface area contributed by atoms with E-state index in [1.807, 2.05) is 30.3 Å². The van der Waals surface area contributed by atoms with Crippen LogP contribution in [0.5, 0.6) is 5.75 Å². The van der Waals surface area contributed by atoms with Crippen molar-refractivity contribution in [1.82, 2.24) is 4.31 Å². The maximum atomic E-state index is 14.0. The van der Waals surface area contributed by atoms with Crippen LogP contribution in [-0.4, -0.2) is 32.3 Å². The summed E-state index contributed by atoms with van der Waals surface area (Å²) in [7, 11) is -2.22. The molecule has 1 aliphatic rings. The van der Waals surface area contributed by atoms with Gasteiger partial charge >= 0.3 is 6.18 Å². The zero-order valence-corrected chi connectivity index (χ0v) is 24.2. The van der Waals surface area contributed by atoms with Crippen molar-refractivity contribution < 1.29 is 35.5 Å². The summed E-state index contributed by atoms with van der Waals surface area (Å²) < 4.78 is 86.2. The first-order valence-electron chi connectivity index (χ1n) is 13.4. The summed E-state index contributed by atoms with van der Waals surface area (Å²) in [5, 5.41) is 2.81. The van der Waals surface area contributed by atoms with Crippen LogP contribution in [0.2, 0.25) is 0 Å². The molecule has 0 saturated carbocycles. The molecule has 0 aromatic heterocycles. The molecule has 1 heterocycles. The van der Waals surface area contributed by atoms with Crippen molar-refractivity contribution >= 4 is 21.6 Å². The fourth-order valence-corrected chi connectivity index (χ4v) is 6.56. The van der Waals surface area contributed by atoms with Gasteiger partial charge in [-0.05, 0) is 83.1 Å². The van der Waals surface area contributed by atoms with Crippen LogP contribution in [0.25, 0.3) is 11.1 Å². The van der Waals surface area contributed by atoms with E-state index in [1.54, 1.807) is 44.4 Å². The molecule has 0 aliphatic carbocycles. The Morgan fingerprint density at radius 3 is 2.21 bits per heavy atom. The van der Waals surface area contributed by atoms with Crippen LogP contribution in [0.1, 0.15) is 27.8 Å². The molecule has 1 amide bonds. The van der Waals surface area contributed by atoms with Gasteiger partial charge in [-0.1, -0.05) is 42.5 Å². The molecule has 1 N–H and O–H groups in total. The van der Waals surface area contributed by atoms with Crippen LogP contribution in [-0.2, 0) is 40.4 Å². The molecule has 4 aromatic rings. The van der Waals surface area contributed by atoms with Crippen molar-refractivity contribution in [1.29, 1.82) is 0 Å². The van der Waals surface area contributed by atoms with Gasteiger partial charge in [-0.3, -0.25) is 4.79 Å². The number of sulfonamides is 1. The number of fused-ring (bicyclic) bond motifs is 1. The first kappa shape index (κ1) is 30.2. The Bertz CT molecular complexity index is 1770. The Kier molecular flexibility index (Phi) is 8.31. The Morgan fingerprint density at radius 1 is 0.953 bits per heavy atom. The van der Waals surface area contributed by atoms with E-state index in [1.165, 1.54) is 4.31 Å². The Balaban J connectivity index is 1.30. The minimum absolute atomic E-state index is 0.0979. The number of hydrogen-bond acceptors (Lipinski definition) is 4. The minimum Gasteiger partial charge on any atom is -0.497 e. The minimum atomic E-state index is -4.83. The molecule has 0 spiro atoms. The highest BCUT2D eigenvalue weighted by molar-refractivity contribution is 7.89. The van der Waals surface area contributed by atoms with E-state index in [0.717, 1.165) is 39.6 Å². The van der Waals surface area contributed by atoms with Gasteiger partial charge in [0.15, 0.2) is 0 Å². The second-order valence-corrected chi connectivity index (χ2v) is 12.2. The number of hydrogen-bond donors (Lipinski definition) is 1. The molecule has 0 radical (unpaired) electrons. The van der Waals surface area contributed by atoms with Crippen molar-refractivity contribution in [3.8, 4) is 16.9 Å². The monoisotopic (exact) mass is 612 g/mol. The van der Waals surface area contributed by atoms with E-state index in [4.69, 9.17) is 4.74 Å². The van der Waals surface area contributed by atoms with Crippen molar-refractivity contribution in [2.24, 2.45) is 0 Å². The first-order chi connectivity index (χ1) is 20.4. The topological polar surface area (TPSA) is 75.7 Å². The van der Waals surface area contributed by atoms with E-state index >= 15 is 0 Å². The van der Waals surface area contributed by atoms with Gasteiger partial charge in [0.25, 0.3) is 0 Å². The molecule has 5 rings (SSSR count). The molecule has 0 bridgehead atoms. The van der Waals surface area contributed by atoms with Crippen LogP contribution < -0.4 is 10.1 Å². The van der Waals surface area contributed by atoms with Crippen LogP contribution in [0.3, 0.4) is 0 Å². The number of carbonyl (C=O) groups excluding carboxylic acids is 1. The molecular weight excluding hydrogens is 584 g/mol. The van der Waals surface area contributed by atoms with E-state index in [0.29, 0.717) is 24.2 Å². The average molecular weight is 613 g/mol. The number of rotatable bonds is 7. The fraction of sp³-hybridized carbons (Fsp3) is 0.219. The third-order valence-electron chi connectivity index (χ3n) is 7.46. The number of benzene rings is 4. The number of ether oxygens (including phenoxy) is 1. The van der Waals surface area contributed by atoms with Crippen molar-refractivity contribution in [3.05, 3.63) is 112 Å². The standard InChI is InChI=1S/C32H28F4N2O4S/c1-20-3-5-24-19-38(43(40,41)26-12-8-23(9-13-26)22-6-10-25(42-2)11-7-22)16-15-27(24)31(20)37-30(39)18-21-4-14-28(29(33)17-21)32(34,35)36/h3-14,17H,15-16,18-19H2,1-2H3,(H,37,39). The van der Waals surface area contributed by atoms with Crippen molar-refractivity contribution in [3.63, 3.8) is 0 Å². The van der Waals surface area contributed by atoms with E-state index < -0.39 is 33.5 Å². The number of carbonyl (C=O) groups is 1. The lowest BCUT2D eigenvalue weighted by atomic mass is 9.95. The number of anilines is 1. The van der Waals surface area contributed by atoms with Gasteiger partial charge in [-0.2, -0.15) is 17.5 Å². The molecule has 43 heavy (non-hydrogen) atoms. The van der Waals surface area contributed by atoms with Crippen LogP contribution >= 0.6 is 0 Å². The van der Waals surface area contributed by atoms with Crippen LogP contribution in [0.4, 0.5) is 23.2 Å². The van der Waals surface area contributed by atoms with E-state index in [2.05, 4.69) is 5.32 Å². The number of methoxy groups -OCH3 is 1. The second-order valence-electron chi connectivity index (χ2n) is 10.3. The lowest BCUT2D eigenvalue weighted by Crippen LogP contribution is -2.36. The van der Waals surface area contributed by atoms with Crippen LogP contribution in [0, 0.1) is 12.7 Å². The number of alkyl halides is 3. The molecular formula is C32H28F4N2O4S. The number of nitrogens with one attached hydrogen (secondary N) is 1. The van der Waals surface area contributed by atoms with Crippen molar-refractivity contribution in [2.75, 3.05) is 19.0 Å². The first-order valence-corrected chi connectivity index (χ1v) is 14.8. The average Bonchev–Trinajstić information content (AvgIpc) is 2.98. The lowest BCUT2D eigenvalue weighted by Gasteiger charge is -2.30. The summed E-state index contributed by atoms with van der Waals surface area (Å²) in [6, 6.07) is 20.1. The Morgan fingerprint density at radius 2 is 1.60 bits per heavy atom. The molecule has 0 saturated heterocycles. The highest BCUT2D eigenvalue weighted by Crippen LogP contribution is 2.34. The van der Waals surface area contributed by atoms with E-state index in [9.17, 15) is 30.8 Å². The predicted molar refractivity (Wildman–Crippen MR) is 155 cm³/mol.